The van der Waals surface area contributed by atoms with Crippen molar-refractivity contribution in [1.82, 2.24) is 4.98 Å². The first-order chi connectivity index (χ1) is 8.24. The predicted molar refractivity (Wildman–Crippen MR) is 71.3 cm³/mol. The van der Waals surface area contributed by atoms with Crippen molar-refractivity contribution in [1.29, 1.82) is 0 Å². The van der Waals surface area contributed by atoms with Crippen LogP contribution in [0.15, 0.2) is 24.3 Å². The summed E-state index contributed by atoms with van der Waals surface area (Å²) in [7, 11) is 0. The molecule has 4 nitrogen and oxygen atoms in total. The summed E-state index contributed by atoms with van der Waals surface area (Å²) >= 11 is 1.54. The Labute approximate surface area is 104 Å². The van der Waals surface area contributed by atoms with E-state index in [0.717, 1.165) is 27.0 Å². The predicted octanol–water partition coefficient (Wildman–Crippen LogP) is 2.80. The van der Waals surface area contributed by atoms with Crippen molar-refractivity contribution in [3.63, 3.8) is 0 Å². The third kappa shape index (κ3) is 2.57. The zero-order valence-electron chi connectivity index (χ0n) is 9.86. The van der Waals surface area contributed by atoms with Gasteiger partial charge in [0.05, 0.1) is 12.3 Å². The van der Waals surface area contributed by atoms with Gasteiger partial charge in [-0.2, -0.15) is 0 Å². The largest absolute Gasteiger partial charge is 0.494 e. The Bertz CT molecular complexity index is 493. The standard InChI is InChI=1S/C12H15N3OS/c1-3-16-10-6-4-9(5-7-10)12-14-8(2)11(15-13)17-12/h4-7,15H,3,13H2,1-2H3. The fourth-order valence-corrected chi connectivity index (χ4v) is 2.40. The molecular formula is C12H15N3OS. The molecule has 17 heavy (non-hydrogen) atoms. The summed E-state index contributed by atoms with van der Waals surface area (Å²) in [6, 6.07) is 7.91. The van der Waals surface area contributed by atoms with Crippen LogP contribution in [0, 0.1) is 6.92 Å². The van der Waals surface area contributed by atoms with E-state index in [1.165, 1.54) is 0 Å². The van der Waals surface area contributed by atoms with Gasteiger partial charge < -0.3 is 10.2 Å². The Morgan fingerprint density at radius 2 is 2.06 bits per heavy atom. The van der Waals surface area contributed by atoms with Crippen LogP contribution in [-0.4, -0.2) is 11.6 Å². The van der Waals surface area contributed by atoms with Crippen LogP contribution in [0.2, 0.25) is 0 Å². The summed E-state index contributed by atoms with van der Waals surface area (Å²) in [5, 5.41) is 1.85. The number of hydrogen-bond donors (Lipinski definition) is 2. The van der Waals surface area contributed by atoms with Crippen LogP contribution in [0.25, 0.3) is 10.6 Å². The molecule has 0 spiro atoms. The van der Waals surface area contributed by atoms with Crippen molar-refractivity contribution in [3.05, 3.63) is 30.0 Å². The number of nitrogens with one attached hydrogen (secondary N) is 1. The van der Waals surface area contributed by atoms with E-state index < -0.39 is 0 Å². The lowest BCUT2D eigenvalue weighted by molar-refractivity contribution is 0.340. The van der Waals surface area contributed by atoms with Gasteiger partial charge in [-0.1, -0.05) is 11.3 Å². The second kappa shape index (κ2) is 5.16. The first-order valence-corrected chi connectivity index (χ1v) is 6.23. The van der Waals surface area contributed by atoms with Gasteiger partial charge >= 0.3 is 0 Å². The number of nitrogens with two attached hydrogens (primary N) is 1. The molecule has 0 aliphatic carbocycles. The van der Waals surface area contributed by atoms with Gasteiger partial charge in [0.2, 0.25) is 0 Å². The van der Waals surface area contributed by atoms with Gasteiger partial charge in [-0.15, -0.1) is 0 Å². The normalized spacial score (nSPS) is 10.3. The lowest BCUT2D eigenvalue weighted by Crippen LogP contribution is -2.05. The van der Waals surface area contributed by atoms with E-state index in [2.05, 4.69) is 10.4 Å². The van der Waals surface area contributed by atoms with Gasteiger partial charge in [0.25, 0.3) is 0 Å². The number of rotatable bonds is 4. The maximum absolute atomic E-state index is 5.41. The smallest absolute Gasteiger partial charge is 0.126 e. The van der Waals surface area contributed by atoms with E-state index in [1.54, 1.807) is 11.3 Å². The van der Waals surface area contributed by atoms with Crippen LogP contribution in [-0.2, 0) is 0 Å². The number of nitrogens with zero attached hydrogens (tertiary/aromatic N) is 1. The average molecular weight is 249 g/mol. The third-order valence-corrected chi connectivity index (χ3v) is 3.48. The molecule has 1 aromatic heterocycles. The molecule has 0 radical (unpaired) electrons. The molecule has 0 aliphatic rings. The Balaban J connectivity index is 2.26. The number of ether oxygens (including phenoxy) is 1. The van der Waals surface area contributed by atoms with E-state index in [9.17, 15) is 0 Å². The number of aromatic nitrogens is 1. The molecule has 0 unspecified atom stereocenters. The van der Waals surface area contributed by atoms with Gasteiger partial charge in [0.15, 0.2) is 0 Å². The highest BCUT2D eigenvalue weighted by atomic mass is 32.1. The average Bonchev–Trinajstić information content (AvgIpc) is 2.72. The molecule has 0 amide bonds. The number of anilines is 1. The second-order valence-electron chi connectivity index (χ2n) is 3.54. The molecule has 3 N–H and O–H groups in total. The van der Waals surface area contributed by atoms with E-state index in [1.807, 2.05) is 38.1 Å². The second-order valence-corrected chi connectivity index (χ2v) is 4.53. The van der Waals surface area contributed by atoms with Crippen molar-refractivity contribution >= 4 is 16.3 Å². The van der Waals surface area contributed by atoms with Crippen LogP contribution in [0.4, 0.5) is 5.00 Å². The highest BCUT2D eigenvalue weighted by molar-refractivity contribution is 7.19. The maximum atomic E-state index is 5.41. The lowest BCUT2D eigenvalue weighted by Gasteiger charge is -2.02. The summed E-state index contributed by atoms with van der Waals surface area (Å²) in [6.45, 7) is 4.58. The molecule has 5 heteroatoms. The van der Waals surface area contributed by atoms with E-state index in [0.29, 0.717) is 6.61 Å². The zero-order chi connectivity index (χ0) is 12.3. The number of hydrogen-bond acceptors (Lipinski definition) is 5. The first kappa shape index (κ1) is 11.9. The van der Waals surface area contributed by atoms with Crippen LogP contribution >= 0.6 is 11.3 Å². The van der Waals surface area contributed by atoms with Gasteiger partial charge in [-0.05, 0) is 38.1 Å². The minimum absolute atomic E-state index is 0.678. The summed E-state index contributed by atoms with van der Waals surface area (Å²) in [6.07, 6.45) is 0. The first-order valence-electron chi connectivity index (χ1n) is 5.42. The van der Waals surface area contributed by atoms with Crippen molar-refractivity contribution in [2.75, 3.05) is 12.0 Å². The minimum Gasteiger partial charge on any atom is -0.494 e. The van der Waals surface area contributed by atoms with Crippen molar-refractivity contribution in [3.8, 4) is 16.3 Å². The van der Waals surface area contributed by atoms with Gasteiger partial charge in [0.1, 0.15) is 15.8 Å². The molecule has 2 rings (SSSR count). The highest BCUT2D eigenvalue weighted by Crippen LogP contribution is 2.31. The molecule has 0 bridgehead atoms. The van der Waals surface area contributed by atoms with Crippen LogP contribution in [0.5, 0.6) is 5.75 Å². The fraction of sp³-hybridized carbons (Fsp3) is 0.250. The molecule has 0 saturated carbocycles. The number of hydrazine groups is 1. The van der Waals surface area contributed by atoms with E-state index in [4.69, 9.17) is 10.6 Å². The quantitative estimate of drug-likeness (QED) is 0.646. The molecule has 0 atom stereocenters. The van der Waals surface area contributed by atoms with Crippen LogP contribution in [0.1, 0.15) is 12.6 Å². The number of benzene rings is 1. The van der Waals surface area contributed by atoms with Crippen LogP contribution in [0.3, 0.4) is 0 Å². The Morgan fingerprint density at radius 1 is 1.35 bits per heavy atom. The third-order valence-electron chi connectivity index (χ3n) is 2.34. The molecule has 2 aromatic rings. The molecule has 90 valence electrons. The Kier molecular flexibility index (Phi) is 3.61. The van der Waals surface area contributed by atoms with Gasteiger partial charge in [-0.3, -0.25) is 0 Å². The molecule has 1 heterocycles. The van der Waals surface area contributed by atoms with E-state index >= 15 is 0 Å². The van der Waals surface area contributed by atoms with Gasteiger partial charge in [-0.25, -0.2) is 10.8 Å². The number of thiazole rings is 1. The Hall–Kier alpha value is -1.59. The summed E-state index contributed by atoms with van der Waals surface area (Å²) < 4.78 is 5.40. The summed E-state index contributed by atoms with van der Waals surface area (Å²) in [5.74, 6) is 6.28. The molecular weight excluding hydrogens is 234 g/mol. The summed E-state index contributed by atoms with van der Waals surface area (Å²) in [5.41, 5.74) is 4.64. The number of nitrogen functional groups attached to an aromatic ring is 1. The zero-order valence-corrected chi connectivity index (χ0v) is 10.7. The van der Waals surface area contributed by atoms with Crippen molar-refractivity contribution in [2.45, 2.75) is 13.8 Å². The van der Waals surface area contributed by atoms with Crippen molar-refractivity contribution in [2.24, 2.45) is 5.84 Å². The van der Waals surface area contributed by atoms with E-state index in [-0.39, 0.29) is 0 Å². The SMILES string of the molecule is CCOc1ccc(-c2nc(C)c(NN)s2)cc1. The number of aryl methyl sites for hydroxylation is 1. The molecule has 0 aliphatic heterocycles. The molecule has 1 aromatic carbocycles. The van der Waals surface area contributed by atoms with Crippen LogP contribution < -0.4 is 16.0 Å². The monoisotopic (exact) mass is 249 g/mol. The van der Waals surface area contributed by atoms with Gasteiger partial charge in [0, 0.05) is 5.56 Å². The minimum atomic E-state index is 0.678. The molecule has 0 saturated heterocycles. The molecule has 0 fully saturated rings. The maximum Gasteiger partial charge on any atom is 0.126 e. The highest BCUT2D eigenvalue weighted by Gasteiger charge is 2.08. The van der Waals surface area contributed by atoms with Crippen molar-refractivity contribution < 1.29 is 4.74 Å². The Morgan fingerprint density at radius 3 is 2.59 bits per heavy atom. The lowest BCUT2D eigenvalue weighted by atomic mass is 10.2. The summed E-state index contributed by atoms with van der Waals surface area (Å²) in [4.78, 5) is 4.46. The fourth-order valence-electron chi connectivity index (χ4n) is 1.51. The topological polar surface area (TPSA) is 60.2 Å².